The molecule has 2 atom stereocenters. The van der Waals surface area contributed by atoms with E-state index in [1.165, 1.54) is 18.2 Å². The van der Waals surface area contributed by atoms with Gasteiger partial charge in [0, 0.05) is 24.0 Å². The van der Waals surface area contributed by atoms with Gasteiger partial charge in [0.05, 0.1) is 27.5 Å². The minimum atomic E-state index is -0.562. The molecule has 6 nitrogen and oxygen atoms in total. The largest absolute Gasteiger partial charge is 0.274 e. The fourth-order valence-electron chi connectivity index (χ4n) is 5.70. The summed E-state index contributed by atoms with van der Waals surface area (Å²) in [6, 6.07) is 19.7. The molecule has 1 saturated heterocycles. The van der Waals surface area contributed by atoms with Crippen molar-refractivity contribution in [2.24, 2.45) is 11.8 Å². The first kappa shape index (κ1) is 18.3. The van der Waals surface area contributed by atoms with Crippen LogP contribution in [0.25, 0.3) is 0 Å². The molecule has 1 aliphatic heterocycles. The van der Waals surface area contributed by atoms with Gasteiger partial charge in [-0.2, -0.15) is 0 Å². The van der Waals surface area contributed by atoms with E-state index in [4.69, 9.17) is 11.6 Å². The molecule has 0 aromatic heterocycles. The Morgan fingerprint density at radius 2 is 1.23 bits per heavy atom. The zero-order chi connectivity index (χ0) is 21.4. The summed E-state index contributed by atoms with van der Waals surface area (Å²) in [5.74, 6) is -2.29. The summed E-state index contributed by atoms with van der Waals surface area (Å²) in [7, 11) is 0. The van der Waals surface area contributed by atoms with Crippen LogP contribution in [0.1, 0.15) is 34.1 Å². The Morgan fingerprint density at radius 1 is 0.774 bits per heavy atom. The number of imide groups is 1. The van der Waals surface area contributed by atoms with Gasteiger partial charge in [-0.25, -0.2) is 4.90 Å². The molecule has 3 aliphatic carbocycles. The van der Waals surface area contributed by atoms with Gasteiger partial charge >= 0.3 is 0 Å². The van der Waals surface area contributed by atoms with E-state index in [0.717, 1.165) is 27.2 Å². The average Bonchev–Trinajstić information content (AvgIpc) is 3.05. The highest BCUT2D eigenvalue weighted by molar-refractivity contribution is 6.36. The monoisotopic (exact) mass is 430 g/mol. The third-order valence-electron chi connectivity index (χ3n) is 6.83. The minimum Gasteiger partial charge on any atom is -0.274 e. The molecule has 152 valence electrons. The lowest BCUT2D eigenvalue weighted by molar-refractivity contribution is -0.384. The molecule has 2 amide bonds. The van der Waals surface area contributed by atoms with Gasteiger partial charge in [-0.05, 0) is 28.3 Å². The van der Waals surface area contributed by atoms with Crippen LogP contribution in [0.2, 0.25) is 5.02 Å². The number of non-ortho nitro benzene ring substituents is 1. The molecule has 0 saturated carbocycles. The van der Waals surface area contributed by atoms with Crippen LogP contribution in [-0.2, 0) is 9.59 Å². The second kappa shape index (κ2) is 6.25. The molecular weight excluding hydrogens is 416 g/mol. The molecule has 0 N–H and O–H groups in total. The Hall–Kier alpha value is -3.51. The smallest absolute Gasteiger partial charge is 0.271 e. The molecule has 7 rings (SSSR count). The highest BCUT2D eigenvalue weighted by Crippen LogP contribution is 2.61. The maximum absolute atomic E-state index is 13.7. The second-order valence-electron chi connectivity index (χ2n) is 8.17. The fourth-order valence-corrected chi connectivity index (χ4v) is 5.90. The third kappa shape index (κ3) is 2.28. The Morgan fingerprint density at radius 3 is 1.65 bits per heavy atom. The summed E-state index contributed by atoms with van der Waals surface area (Å²) in [4.78, 5) is 39.1. The van der Waals surface area contributed by atoms with E-state index in [-0.39, 0.29) is 40.0 Å². The number of rotatable bonds is 2. The lowest BCUT2D eigenvalue weighted by atomic mass is 9.55. The Kier molecular flexibility index (Phi) is 3.68. The van der Waals surface area contributed by atoms with Crippen molar-refractivity contribution < 1.29 is 14.5 Å². The van der Waals surface area contributed by atoms with Crippen LogP contribution in [0.4, 0.5) is 11.4 Å². The van der Waals surface area contributed by atoms with Crippen LogP contribution >= 0.6 is 11.6 Å². The Balaban J connectivity index is 1.56. The lowest BCUT2D eigenvalue weighted by Gasteiger charge is -2.45. The number of hydrogen-bond donors (Lipinski definition) is 0. The maximum Gasteiger partial charge on any atom is 0.271 e. The van der Waals surface area contributed by atoms with Crippen molar-refractivity contribution in [1.82, 2.24) is 0 Å². The number of hydrogen-bond acceptors (Lipinski definition) is 4. The van der Waals surface area contributed by atoms with E-state index >= 15 is 0 Å². The van der Waals surface area contributed by atoms with E-state index in [1.807, 2.05) is 48.5 Å². The number of carbonyl (C=O) groups is 2. The number of benzene rings is 3. The predicted molar refractivity (Wildman–Crippen MR) is 114 cm³/mol. The van der Waals surface area contributed by atoms with Gasteiger partial charge in [-0.15, -0.1) is 0 Å². The van der Waals surface area contributed by atoms with E-state index in [9.17, 15) is 19.7 Å². The molecular formula is C24H15ClN2O4. The summed E-state index contributed by atoms with van der Waals surface area (Å²) in [6.45, 7) is 0. The molecule has 2 bridgehead atoms. The van der Waals surface area contributed by atoms with Crippen molar-refractivity contribution in [3.05, 3.63) is 104 Å². The molecule has 0 unspecified atom stereocenters. The van der Waals surface area contributed by atoms with Crippen LogP contribution in [0.3, 0.4) is 0 Å². The highest BCUT2D eigenvalue weighted by atomic mass is 35.5. The first-order chi connectivity index (χ1) is 15.0. The summed E-state index contributed by atoms with van der Waals surface area (Å²) < 4.78 is 0. The average molecular weight is 431 g/mol. The van der Waals surface area contributed by atoms with Crippen molar-refractivity contribution in [2.75, 3.05) is 4.90 Å². The number of anilines is 1. The van der Waals surface area contributed by atoms with Gasteiger partial charge in [-0.3, -0.25) is 19.7 Å². The Labute approximate surface area is 182 Å². The van der Waals surface area contributed by atoms with Gasteiger partial charge in [0.15, 0.2) is 0 Å². The molecule has 7 heteroatoms. The number of carbonyl (C=O) groups excluding carboxylic acids is 2. The van der Waals surface area contributed by atoms with Crippen molar-refractivity contribution in [1.29, 1.82) is 0 Å². The van der Waals surface area contributed by atoms with Crippen LogP contribution < -0.4 is 4.90 Å². The molecule has 1 fully saturated rings. The molecule has 0 radical (unpaired) electrons. The predicted octanol–water partition coefficient (Wildman–Crippen LogP) is 4.64. The number of nitro benzene ring substituents is 1. The standard InChI is InChI=1S/C24H15ClN2O4/c25-17-10-9-12(27(30)31)11-18(17)26-23(28)21-19-13-5-1-2-6-14(13)20(22(21)24(26)29)16-8-4-3-7-15(16)19/h1-11,19-22H/t19?,20?,21-,22+. The van der Waals surface area contributed by atoms with Crippen molar-refractivity contribution in [2.45, 2.75) is 11.8 Å². The van der Waals surface area contributed by atoms with Crippen LogP contribution in [-0.4, -0.2) is 16.7 Å². The van der Waals surface area contributed by atoms with Gasteiger partial charge in [0.1, 0.15) is 0 Å². The van der Waals surface area contributed by atoms with Gasteiger partial charge in [0.25, 0.3) is 5.69 Å². The fraction of sp³-hybridized carbons (Fsp3) is 0.167. The van der Waals surface area contributed by atoms with Gasteiger partial charge < -0.3 is 0 Å². The Bertz CT molecular complexity index is 1200. The molecule has 1 heterocycles. The third-order valence-corrected chi connectivity index (χ3v) is 7.15. The molecule has 0 spiro atoms. The second-order valence-corrected chi connectivity index (χ2v) is 8.58. The van der Waals surface area contributed by atoms with E-state index in [0.29, 0.717) is 0 Å². The summed E-state index contributed by atoms with van der Waals surface area (Å²) >= 11 is 6.31. The number of nitro groups is 1. The topological polar surface area (TPSA) is 80.5 Å². The highest BCUT2D eigenvalue weighted by Gasteiger charge is 2.62. The molecule has 31 heavy (non-hydrogen) atoms. The zero-order valence-electron chi connectivity index (χ0n) is 16.1. The first-order valence-electron chi connectivity index (χ1n) is 9.98. The normalized spacial score (nSPS) is 25.3. The van der Waals surface area contributed by atoms with E-state index < -0.39 is 16.8 Å². The van der Waals surface area contributed by atoms with Crippen molar-refractivity contribution >= 4 is 34.8 Å². The van der Waals surface area contributed by atoms with Gasteiger partial charge in [-0.1, -0.05) is 60.1 Å². The van der Waals surface area contributed by atoms with Crippen molar-refractivity contribution in [3.8, 4) is 0 Å². The molecule has 4 aliphatic rings. The first-order valence-corrected chi connectivity index (χ1v) is 10.4. The number of halogens is 1. The molecule has 3 aromatic carbocycles. The maximum atomic E-state index is 13.7. The summed E-state index contributed by atoms with van der Waals surface area (Å²) in [6.07, 6.45) is 0. The van der Waals surface area contributed by atoms with Gasteiger partial charge in [0.2, 0.25) is 11.8 Å². The molecule has 3 aromatic rings. The SMILES string of the molecule is O=C1[C@@H]2C3c4ccccc4C(c4ccccc43)[C@@H]2C(=O)N1c1cc([N+](=O)[O-])ccc1Cl. The number of nitrogens with zero attached hydrogens (tertiary/aromatic N) is 2. The van der Waals surface area contributed by atoms with Crippen molar-refractivity contribution in [3.63, 3.8) is 0 Å². The quantitative estimate of drug-likeness (QED) is 0.337. The number of amides is 2. The lowest BCUT2D eigenvalue weighted by Crippen LogP contribution is -2.41. The minimum absolute atomic E-state index is 0.0766. The summed E-state index contributed by atoms with van der Waals surface area (Å²) in [5.41, 5.74) is 4.14. The zero-order valence-corrected chi connectivity index (χ0v) is 16.8. The van der Waals surface area contributed by atoms with E-state index in [2.05, 4.69) is 0 Å². The summed E-state index contributed by atoms with van der Waals surface area (Å²) in [5, 5.41) is 11.4. The van der Waals surface area contributed by atoms with Crippen LogP contribution in [0, 0.1) is 22.0 Å². The van der Waals surface area contributed by atoms with E-state index in [1.54, 1.807) is 0 Å². The van der Waals surface area contributed by atoms with Crippen LogP contribution in [0.15, 0.2) is 66.7 Å². The van der Waals surface area contributed by atoms with Crippen LogP contribution in [0.5, 0.6) is 0 Å².